The SMILES string of the molecule is Cc1cnc(C(=O)OCC(=O)c2cc(C)n(Cc3ccccc3)c2C)cn1. The van der Waals surface area contributed by atoms with E-state index in [1.807, 2.05) is 50.2 Å². The molecular weight excluding hydrogens is 342 g/mol. The molecule has 0 radical (unpaired) electrons. The molecule has 0 saturated carbocycles. The predicted molar refractivity (Wildman–Crippen MR) is 101 cm³/mol. The van der Waals surface area contributed by atoms with Gasteiger partial charge >= 0.3 is 5.97 Å². The van der Waals surface area contributed by atoms with Gasteiger partial charge in [0.2, 0.25) is 5.78 Å². The molecule has 3 rings (SSSR count). The highest BCUT2D eigenvalue weighted by molar-refractivity contribution is 6.00. The third kappa shape index (κ3) is 4.28. The molecular formula is C21H21N3O3. The van der Waals surface area contributed by atoms with Crippen molar-refractivity contribution in [1.29, 1.82) is 0 Å². The Kier molecular flexibility index (Phi) is 5.45. The molecule has 0 spiro atoms. The summed E-state index contributed by atoms with van der Waals surface area (Å²) in [5, 5.41) is 0. The molecule has 0 unspecified atom stereocenters. The van der Waals surface area contributed by atoms with Crippen molar-refractivity contribution in [3.05, 3.63) is 82.7 Å². The van der Waals surface area contributed by atoms with Crippen LogP contribution in [0.15, 0.2) is 48.8 Å². The summed E-state index contributed by atoms with van der Waals surface area (Å²) in [6.45, 7) is 5.99. The molecule has 2 heterocycles. The van der Waals surface area contributed by atoms with Gasteiger partial charge in [-0.1, -0.05) is 30.3 Å². The van der Waals surface area contributed by atoms with Gasteiger partial charge in [0.1, 0.15) is 0 Å². The largest absolute Gasteiger partial charge is 0.453 e. The zero-order valence-corrected chi connectivity index (χ0v) is 15.6. The lowest BCUT2D eigenvalue weighted by atomic mass is 10.1. The monoisotopic (exact) mass is 363 g/mol. The maximum atomic E-state index is 12.5. The van der Waals surface area contributed by atoms with Crippen LogP contribution in [-0.2, 0) is 11.3 Å². The van der Waals surface area contributed by atoms with Crippen LogP contribution < -0.4 is 0 Å². The number of carbonyl (C=O) groups is 2. The van der Waals surface area contributed by atoms with Gasteiger partial charge in [0, 0.05) is 29.7 Å². The van der Waals surface area contributed by atoms with Gasteiger partial charge in [-0.05, 0) is 32.4 Å². The van der Waals surface area contributed by atoms with Gasteiger partial charge in [-0.3, -0.25) is 9.78 Å². The number of hydrogen-bond donors (Lipinski definition) is 0. The number of nitrogens with zero attached hydrogens (tertiary/aromatic N) is 3. The molecule has 0 fully saturated rings. The fraction of sp³-hybridized carbons (Fsp3) is 0.238. The predicted octanol–water partition coefficient (Wildman–Crippen LogP) is 3.29. The van der Waals surface area contributed by atoms with Gasteiger partial charge in [0.05, 0.1) is 11.9 Å². The average molecular weight is 363 g/mol. The van der Waals surface area contributed by atoms with Gasteiger partial charge < -0.3 is 9.30 Å². The van der Waals surface area contributed by atoms with E-state index in [1.54, 1.807) is 6.92 Å². The molecule has 138 valence electrons. The number of Topliss-reactive ketones (excluding diaryl/α,β-unsaturated/α-hetero) is 1. The van der Waals surface area contributed by atoms with Crippen LogP contribution >= 0.6 is 0 Å². The zero-order chi connectivity index (χ0) is 19.4. The first-order valence-electron chi connectivity index (χ1n) is 8.65. The van der Waals surface area contributed by atoms with Crippen molar-refractivity contribution in [2.75, 3.05) is 6.61 Å². The van der Waals surface area contributed by atoms with Crippen LogP contribution in [0.3, 0.4) is 0 Å². The Morgan fingerprint density at radius 3 is 2.44 bits per heavy atom. The van der Waals surface area contributed by atoms with Crippen LogP contribution in [0.5, 0.6) is 0 Å². The van der Waals surface area contributed by atoms with Crippen molar-refractivity contribution < 1.29 is 14.3 Å². The molecule has 0 aliphatic carbocycles. The van der Waals surface area contributed by atoms with Crippen LogP contribution in [-0.4, -0.2) is 32.9 Å². The van der Waals surface area contributed by atoms with E-state index in [-0.39, 0.29) is 18.1 Å². The lowest BCUT2D eigenvalue weighted by molar-refractivity contribution is 0.0468. The highest BCUT2D eigenvalue weighted by Crippen LogP contribution is 2.18. The van der Waals surface area contributed by atoms with Crippen LogP contribution in [0, 0.1) is 20.8 Å². The second kappa shape index (κ2) is 7.95. The maximum Gasteiger partial charge on any atom is 0.358 e. The molecule has 6 heteroatoms. The summed E-state index contributed by atoms with van der Waals surface area (Å²) in [6.07, 6.45) is 2.82. The summed E-state index contributed by atoms with van der Waals surface area (Å²) in [5.41, 5.74) is 4.34. The highest BCUT2D eigenvalue weighted by atomic mass is 16.5. The first kappa shape index (κ1) is 18.5. The Morgan fingerprint density at radius 2 is 1.78 bits per heavy atom. The van der Waals surface area contributed by atoms with Crippen LogP contribution in [0.4, 0.5) is 0 Å². The zero-order valence-electron chi connectivity index (χ0n) is 15.6. The van der Waals surface area contributed by atoms with E-state index >= 15 is 0 Å². The summed E-state index contributed by atoms with van der Waals surface area (Å²) in [4.78, 5) is 32.5. The lowest BCUT2D eigenvalue weighted by Gasteiger charge is -2.10. The van der Waals surface area contributed by atoms with Crippen LogP contribution in [0.25, 0.3) is 0 Å². The van der Waals surface area contributed by atoms with E-state index in [0.717, 1.165) is 17.0 Å². The number of ether oxygens (including phenoxy) is 1. The Hall–Kier alpha value is -3.28. The molecule has 3 aromatic rings. The fourth-order valence-corrected chi connectivity index (χ4v) is 2.87. The molecule has 2 aromatic heterocycles. The third-order valence-electron chi connectivity index (χ3n) is 4.38. The van der Waals surface area contributed by atoms with E-state index in [2.05, 4.69) is 14.5 Å². The Morgan fingerprint density at radius 1 is 1.04 bits per heavy atom. The van der Waals surface area contributed by atoms with E-state index in [1.165, 1.54) is 12.4 Å². The van der Waals surface area contributed by atoms with Gasteiger partial charge in [-0.2, -0.15) is 0 Å². The molecule has 0 aliphatic rings. The van der Waals surface area contributed by atoms with Gasteiger partial charge in [0.25, 0.3) is 0 Å². The summed E-state index contributed by atoms with van der Waals surface area (Å²) in [6, 6.07) is 11.9. The van der Waals surface area contributed by atoms with Gasteiger partial charge in [-0.15, -0.1) is 0 Å². The lowest BCUT2D eigenvalue weighted by Crippen LogP contribution is -2.16. The number of aromatic nitrogens is 3. The fourth-order valence-electron chi connectivity index (χ4n) is 2.87. The number of hydrogen-bond acceptors (Lipinski definition) is 5. The first-order valence-corrected chi connectivity index (χ1v) is 8.65. The molecule has 0 N–H and O–H groups in total. The van der Waals surface area contributed by atoms with E-state index in [9.17, 15) is 9.59 Å². The van der Waals surface area contributed by atoms with E-state index in [0.29, 0.717) is 17.8 Å². The molecule has 0 amide bonds. The maximum absolute atomic E-state index is 12.5. The topological polar surface area (TPSA) is 74.1 Å². The third-order valence-corrected chi connectivity index (χ3v) is 4.38. The molecule has 0 atom stereocenters. The second-order valence-corrected chi connectivity index (χ2v) is 6.40. The quantitative estimate of drug-likeness (QED) is 0.496. The van der Waals surface area contributed by atoms with Crippen LogP contribution in [0.1, 0.15) is 43.5 Å². The highest BCUT2D eigenvalue weighted by Gasteiger charge is 2.18. The standard InChI is InChI=1S/C21H21N3O3/c1-14-10-23-19(11-22-14)21(26)27-13-20(25)18-9-15(2)24(16(18)3)12-17-7-5-4-6-8-17/h4-11H,12-13H2,1-3H3. The number of esters is 1. The molecule has 0 bridgehead atoms. The smallest absolute Gasteiger partial charge is 0.358 e. The van der Waals surface area contributed by atoms with Crippen molar-refractivity contribution in [3.63, 3.8) is 0 Å². The minimum absolute atomic E-state index is 0.0861. The summed E-state index contributed by atoms with van der Waals surface area (Å²) in [7, 11) is 0. The number of ketones is 1. The molecule has 0 saturated heterocycles. The van der Waals surface area contributed by atoms with E-state index in [4.69, 9.17) is 4.74 Å². The van der Waals surface area contributed by atoms with Crippen molar-refractivity contribution in [2.45, 2.75) is 27.3 Å². The minimum atomic E-state index is -0.658. The van der Waals surface area contributed by atoms with Crippen molar-refractivity contribution in [3.8, 4) is 0 Å². The van der Waals surface area contributed by atoms with Crippen LogP contribution in [0.2, 0.25) is 0 Å². The molecule has 6 nitrogen and oxygen atoms in total. The number of rotatable bonds is 6. The van der Waals surface area contributed by atoms with E-state index < -0.39 is 5.97 Å². The summed E-state index contributed by atoms with van der Waals surface area (Å²) in [5.74, 6) is -0.898. The van der Waals surface area contributed by atoms with Crippen molar-refractivity contribution in [1.82, 2.24) is 14.5 Å². The number of aryl methyl sites for hydroxylation is 2. The Bertz CT molecular complexity index is 960. The number of benzene rings is 1. The summed E-state index contributed by atoms with van der Waals surface area (Å²) >= 11 is 0. The summed E-state index contributed by atoms with van der Waals surface area (Å²) < 4.78 is 7.19. The average Bonchev–Trinajstić information content (AvgIpc) is 2.95. The Balaban J connectivity index is 1.69. The van der Waals surface area contributed by atoms with Gasteiger partial charge in [-0.25, -0.2) is 9.78 Å². The molecule has 1 aromatic carbocycles. The Labute approximate surface area is 157 Å². The van der Waals surface area contributed by atoms with Crippen molar-refractivity contribution in [2.24, 2.45) is 0 Å². The molecule has 27 heavy (non-hydrogen) atoms. The second-order valence-electron chi connectivity index (χ2n) is 6.40. The van der Waals surface area contributed by atoms with Crippen molar-refractivity contribution >= 4 is 11.8 Å². The first-order chi connectivity index (χ1) is 13.0. The number of carbonyl (C=O) groups excluding carboxylic acids is 2. The normalized spacial score (nSPS) is 10.6. The van der Waals surface area contributed by atoms with Gasteiger partial charge in [0.15, 0.2) is 12.3 Å². The minimum Gasteiger partial charge on any atom is -0.453 e. The molecule has 0 aliphatic heterocycles.